The average Bonchev–Trinajstić information content (AvgIpc) is 2.98. The largest absolute Gasteiger partial charge is 0.487 e. The molecule has 0 saturated carbocycles. The summed E-state index contributed by atoms with van der Waals surface area (Å²) in [7, 11) is 0. The zero-order valence-electron chi connectivity index (χ0n) is 13.4. The molecule has 0 atom stereocenters. The van der Waals surface area contributed by atoms with Crippen LogP contribution in [0.3, 0.4) is 0 Å². The molecule has 0 radical (unpaired) electrons. The zero-order chi connectivity index (χ0) is 16.9. The number of aromatic nitrogens is 2. The van der Waals surface area contributed by atoms with Crippen molar-refractivity contribution in [2.75, 3.05) is 5.32 Å². The van der Waals surface area contributed by atoms with Gasteiger partial charge in [-0.3, -0.25) is 4.79 Å². The minimum Gasteiger partial charge on any atom is -0.487 e. The fourth-order valence-corrected chi connectivity index (χ4v) is 2.74. The fraction of sp³-hybridized carbons (Fsp3) is 0.167. The number of hydrogen-bond donors (Lipinski definition) is 1. The molecule has 0 fully saturated rings. The first kappa shape index (κ1) is 16.1. The molecule has 24 heavy (non-hydrogen) atoms. The second-order valence-electron chi connectivity index (χ2n) is 5.44. The van der Waals surface area contributed by atoms with Crippen LogP contribution in [0.2, 0.25) is 0 Å². The van der Waals surface area contributed by atoms with Crippen LogP contribution in [-0.2, 0) is 6.61 Å². The molecule has 122 valence electrons. The summed E-state index contributed by atoms with van der Waals surface area (Å²) in [5.41, 5.74) is 4.10. The first-order valence-corrected chi connectivity index (χ1v) is 8.24. The highest BCUT2D eigenvalue weighted by atomic mass is 32.1. The number of ether oxygens (including phenoxy) is 1. The van der Waals surface area contributed by atoms with Crippen LogP contribution >= 0.6 is 11.7 Å². The standard InChI is InChI=1S/C18H17N3O2S/c1-12-5-3-7-15(9-12)19-18(22)14-6-4-8-16(10-14)23-11-17-13(2)20-24-21-17/h3-10H,11H2,1-2H3,(H,19,22). The molecular formula is C18H17N3O2S. The lowest BCUT2D eigenvalue weighted by Crippen LogP contribution is -2.12. The van der Waals surface area contributed by atoms with E-state index in [1.807, 2.05) is 44.2 Å². The second kappa shape index (κ2) is 7.23. The van der Waals surface area contributed by atoms with Crippen molar-refractivity contribution in [1.82, 2.24) is 8.75 Å². The van der Waals surface area contributed by atoms with Crippen molar-refractivity contribution in [3.63, 3.8) is 0 Å². The van der Waals surface area contributed by atoms with Gasteiger partial charge in [0.2, 0.25) is 0 Å². The number of rotatable bonds is 5. The van der Waals surface area contributed by atoms with Gasteiger partial charge in [-0.1, -0.05) is 18.2 Å². The molecule has 0 aliphatic heterocycles. The van der Waals surface area contributed by atoms with Gasteiger partial charge in [-0.2, -0.15) is 8.75 Å². The minimum absolute atomic E-state index is 0.169. The summed E-state index contributed by atoms with van der Waals surface area (Å²) < 4.78 is 14.0. The summed E-state index contributed by atoms with van der Waals surface area (Å²) in [4.78, 5) is 12.4. The summed E-state index contributed by atoms with van der Waals surface area (Å²) in [6.07, 6.45) is 0. The Balaban J connectivity index is 1.68. The maximum Gasteiger partial charge on any atom is 0.255 e. The van der Waals surface area contributed by atoms with Crippen LogP contribution in [-0.4, -0.2) is 14.7 Å². The molecule has 0 aliphatic carbocycles. The Hall–Kier alpha value is -2.73. The minimum atomic E-state index is -0.169. The van der Waals surface area contributed by atoms with Crippen molar-refractivity contribution in [1.29, 1.82) is 0 Å². The Morgan fingerprint density at radius 2 is 1.96 bits per heavy atom. The summed E-state index contributed by atoms with van der Waals surface area (Å²) >= 11 is 1.17. The van der Waals surface area contributed by atoms with E-state index in [-0.39, 0.29) is 5.91 Å². The lowest BCUT2D eigenvalue weighted by atomic mass is 10.2. The van der Waals surface area contributed by atoms with E-state index in [2.05, 4.69) is 14.1 Å². The quantitative estimate of drug-likeness (QED) is 0.763. The number of nitrogens with one attached hydrogen (secondary N) is 1. The van der Waals surface area contributed by atoms with Gasteiger partial charge in [0.1, 0.15) is 18.1 Å². The molecule has 1 amide bonds. The van der Waals surface area contributed by atoms with Crippen molar-refractivity contribution in [2.45, 2.75) is 20.5 Å². The predicted octanol–water partition coefficient (Wildman–Crippen LogP) is 3.99. The molecule has 6 heteroatoms. The van der Waals surface area contributed by atoms with E-state index in [9.17, 15) is 4.79 Å². The molecule has 0 spiro atoms. The fourth-order valence-electron chi connectivity index (χ4n) is 2.19. The molecular weight excluding hydrogens is 322 g/mol. The van der Waals surface area contributed by atoms with Crippen LogP contribution < -0.4 is 10.1 Å². The van der Waals surface area contributed by atoms with Gasteiger partial charge in [0.05, 0.1) is 17.4 Å². The van der Waals surface area contributed by atoms with Crippen molar-refractivity contribution < 1.29 is 9.53 Å². The van der Waals surface area contributed by atoms with E-state index in [0.717, 1.165) is 22.6 Å². The molecule has 5 nitrogen and oxygen atoms in total. The Morgan fingerprint density at radius 3 is 2.71 bits per heavy atom. The van der Waals surface area contributed by atoms with Gasteiger partial charge in [0, 0.05) is 11.3 Å². The van der Waals surface area contributed by atoms with Gasteiger partial charge in [-0.15, -0.1) is 0 Å². The highest BCUT2D eigenvalue weighted by Crippen LogP contribution is 2.18. The smallest absolute Gasteiger partial charge is 0.255 e. The van der Waals surface area contributed by atoms with Crippen molar-refractivity contribution >= 4 is 23.3 Å². The number of carbonyl (C=O) groups is 1. The van der Waals surface area contributed by atoms with E-state index < -0.39 is 0 Å². The number of anilines is 1. The normalized spacial score (nSPS) is 10.4. The molecule has 0 unspecified atom stereocenters. The van der Waals surface area contributed by atoms with Crippen LogP contribution in [0.1, 0.15) is 27.3 Å². The Labute approximate surface area is 144 Å². The van der Waals surface area contributed by atoms with E-state index >= 15 is 0 Å². The number of benzene rings is 2. The topological polar surface area (TPSA) is 64.1 Å². The Kier molecular flexibility index (Phi) is 4.86. The summed E-state index contributed by atoms with van der Waals surface area (Å²) in [5, 5.41) is 2.89. The number of hydrogen-bond acceptors (Lipinski definition) is 5. The molecule has 3 aromatic rings. The average molecular weight is 339 g/mol. The Bertz CT molecular complexity index is 861. The monoisotopic (exact) mass is 339 g/mol. The van der Waals surface area contributed by atoms with E-state index in [1.165, 1.54) is 11.7 Å². The molecule has 0 saturated heterocycles. The van der Waals surface area contributed by atoms with Crippen LogP contribution in [0.25, 0.3) is 0 Å². The van der Waals surface area contributed by atoms with Crippen LogP contribution in [0.5, 0.6) is 5.75 Å². The lowest BCUT2D eigenvalue weighted by Gasteiger charge is -2.08. The lowest BCUT2D eigenvalue weighted by molar-refractivity contribution is 0.102. The van der Waals surface area contributed by atoms with Gasteiger partial charge >= 0.3 is 0 Å². The van der Waals surface area contributed by atoms with E-state index in [1.54, 1.807) is 18.2 Å². The van der Waals surface area contributed by atoms with E-state index in [4.69, 9.17) is 4.74 Å². The van der Waals surface area contributed by atoms with Gasteiger partial charge in [-0.05, 0) is 49.7 Å². The SMILES string of the molecule is Cc1cccc(NC(=O)c2cccc(OCc3nsnc3C)c2)c1. The van der Waals surface area contributed by atoms with Crippen LogP contribution in [0, 0.1) is 13.8 Å². The van der Waals surface area contributed by atoms with Crippen molar-refractivity contribution in [3.8, 4) is 5.75 Å². The maximum atomic E-state index is 12.4. The highest BCUT2D eigenvalue weighted by Gasteiger charge is 2.09. The summed E-state index contributed by atoms with van der Waals surface area (Å²) in [6, 6.07) is 14.8. The zero-order valence-corrected chi connectivity index (χ0v) is 14.3. The summed E-state index contributed by atoms with van der Waals surface area (Å²) in [6.45, 7) is 4.22. The molecule has 1 heterocycles. The maximum absolute atomic E-state index is 12.4. The molecule has 0 aliphatic rings. The second-order valence-corrected chi connectivity index (χ2v) is 5.96. The first-order valence-electron chi connectivity index (χ1n) is 7.51. The van der Waals surface area contributed by atoms with Crippen LogP contribution in [0.4, 0.5) is 5.69 Å². The van der Waals surface area contributed by atoms with Gasteiger partial charge in [0.15, 0.2) is 0 Å². The predicted molar refractivity (Wildman–Crippen MR) is 94.6 cm³/mol. The third-order valence-electron chi connectivity index (χ3n) is 3.49. The van der Waals surface area contributed by atoms with Gasteiger partial charge in [0.25, 0.3) is 5.91 Å². The first-order chi connectivity index (χ1) is 11.6. The third-order valence-corrected chi connectivity index (χ3v) is 4.15. The van der Waals surface area contributed by atoms with Crippen molar-refractivity contribution in [2.24, 2.45) is 0 Å². The molecule has 0 bridgehead atoms. The number of amides is 1. The number of aryl methyl sites for hydroxylation is 2. The molecule has 1 N–H and O–H groups in total. The van der Waals surface area contributed by atoms with Crippen LogP contribution in [0.15, 0.2) is 48.5 Å². The molecule has 1 aromatic heterocycles. The van der Waals surface area contributed by atoms with Gasteiger partial charge in [-0.25, -0.2) is 0 Å². The number of nitrogens with zero attached hydrogens (tertiary/aromatic N) is 2. The number of carbonyl (C=O) groups excluding carboxylic acids is 1. The van der Waals surface area contributed by atoms with E-state index in [0.29, 0.717) is 17.9 Å². The Morgan fingerprint density at radius 1 is 1.12 bits per heavy atom. The van der Waals surface area contributed by atoms with Crippen molar-refractivity contribution in [3.05, 3.63) is 71.0 Å². The third kappa shape index (κ3) is 3.97. The van der Waals surface area contributed by atoms with Gasteiger partial charge < -0.3 is 10.1 Å². The molecule has 3 rings (SSSR count). The molecule has 2 aromatic carbocycles. The summed E-state index contributed by atoms with van der Waals surface area (Å²) in [5.74, 6) is 0.455. The highest BCUT2D eigenvalue weighted by molar-refractivity contribution is 6.99.